The van der Waals surface area contributed by atoms with Gasteiger partial charge < -0.3 is 10.6 Å². The van der Waals surface area contributed by atoms with E-state index in [0.29, 0.717) is 11.4 Å². The van der Waals surface area contributed by atoms with Crippen LogP contribution in [-0.2, 0) is 11.2 Å². The number of anilines is 2. The van der Waals surface area contributed by atoms with Gasteiger partial charge in [-0.25, -0.2) is 8.78 Å². The molecule has 0 bridgehead atoms. The Kier molecular flexibility index (Phi) is 4.10. The minimum Gasteiger partial charge on any atom is -0.378 e. The van der Waals surface area contributed by atoms with Crippen LogP contribution in [0, 0.1) is 11.6 Å². The molecule has 0 spiro atoms. The third-order valence-corrected chi connectivity index (χ3v) is 3.88. The summed E-state index contributed by atoms with van der Waals surface area (Å²) < 4.78 is 26.6. The fourth-order valence-corrected chi connectivity index (χ4v) is 2.86. The first-order valence-corrected chi connectivity index (χ1v) is 7.34. The number of fused-ring (bicyclic) bond motifs is 1. The lowest BCUT2D eigenvalue weighted by Gasteiger charge is -2.16. The minimum absolute atomic E-state index is 0.0493. The van der Waals surface area contributed by atoms with Gasteiger partial charge in [0.15, 0.2) is 0 Å². The summed E-state index contributed by atoms with van der Waals surface area (Å²) in [5.74, 6) is -1.50. The van der Waals surface area contributed by atoms with E-state index < -0.39 is 11.6 Å². The Morgan fingerprint density at radius 3 is 2.57 bits per heavy atom. The summed E-state index contributed by atoms with van der Waals surface area (Å²) in [5.41, 5.74) is 3.26. The number of hydrogen-bond acceptors (Lipinski definition) is 2. The van der Waals surface area contributed by atoms with Crippen molar-refractivity contribution in [3.8, 4) is 0 Å². The fourth-order valence-electron chi connectivity index (χ4n) is 2.86. The van der Waals surface area contributed by atoms with Gasteiger partial charge in [0.25, 0.3) is 0 Å². The molecule has 0 aromatic heterocycles. The van der Waals surface area contributed by atoms with Crippen molar-refractivity contribution < 1.29 is 13.6 Å². The van der Waals surface area contributed by atoms with Gasteiger partial charge in [-0.2, -0.15) is 0 Å². The molecule has 0 radical (unpaired) electrons. The molecule has 2 N–H and O–H groups in total. The van der Waals surface area contributed by atoms with Crippen LogP contribution in [0.2, 0.25) is 0 Å². The zero-order valence-electron chi connectivity index (χ0n) is 12.4. The van der Waals surface area contributed by atoms with Gasteiger partial charge in [0.05, 0.1) is 6.04 Å². The summed E-state index contributed by atoms with van der Waals surface area (Å²) in [4.78, 5) is 11.4. The molecule has 3 nitrogen and oxygen atoms in total. The zero-order valence-corrected chi connectivity index (χ0v) is 12.4. The number of rotatable bonds is 4. The third kappa shape index (κ3) is 3.39. The van der Waals surface area contributed by atoms with Crippen LogP contribution in [0.25, 0.3) is 0 Å². The van der Waals surface area contributed by atoms with Crippen LogP contribution >= 0.6 is 0 Å². The lowest BCUT2D eigenvalue weighted by molar-refractivity contribution is -0.111. The fraction of sp³-hybridized carbons (Fsp3) is 0.167. The van der Waals surface area contributed by atoms with E-state index in [-0.39, 0.29) is 11.9 Å². The average Bonchev–Trinajstić information content (AvgIpc) is 2.88. The molecule has 1 aliphatic rings. The number of amides is 1. The highest BCUT2D eigenvalue weighted by atomic mass is 19.1. The molecule has 2 aromatic carbocycles. The van der Waals surface area contributed by atoms with Gasteiger partial charge in [-0.1, -0.05) is 12.6 Å². The largest absolute Gasteiger partial charge is 0.378 e. The zero-order chi connectivity index (χ0) is 16.4. The minimum atomic E-state index is -0.613. The van der Waals surface area contributed by atoms with Gasteiger partial charge in [0, 0.05) is 17.4 Å². The number of carbonyl (C=O) groups is 1. The second-order valence-corrected chi connectivity index (χ2v) is 5.50. The predicted molar refractivity (Wildman–Crippen MR) is 86.3 cm³/mol. The molecule has 1 aliphatic carbocycles. The van der Waals surface area contributed by atoms with Crippen LogP contribution in [0.15, 0.2) is 49.1 Å². The summed E-state index contributed by atoms with van der Waals surface area (Å²) in [6, 6.07) is 9.02. The van der Waals surface area contributed by atoms with Gasteiger partial charge in [-0.3, -0.25) is 4.79 Å². The van der Waals surface area contributed by atoms with Crippen LogP contribution in [0.3, 0.4) is 0 Å². The van der Waals surface area contributed by atoms with Crippen molar-refractivity contribution >= 4 is 17.3 Å². The Balaban J connectivity index is 1.83. The standard InChI is InChI=1S/C18H16F2N2O/c1-2-18(23)22-14-5-3-11-4-6-17(16(11)10-14)21-15-8-12(19)7-13(20)9-15/h2-3,5,7-10,17,21H,1,4,6H2,(H,22,23). The van der Waals surface area contributed by atoms with Crippen LogP contribution in [0.5, 0.6) is 0 Å². The van der Waals surface area contributed by atoms with Crippen LogP contribution in [0.4, 0.5) is 20.2 Å². The molecule has 0 saturated heterocycles. The van der Waals surface area contributed by atoms with Crippen molar-refractivity contribution in [2.24, 2.45) is 0 Å². The molecule has 0 heterocycles. The van der Waals surface area contributed by atoms with Crippen LogP contribution < -0.4 is 10.6 Å². The topological polar surface area (TPSA) is 41.1 Å². The maximum absolute atomic E-state index is 13.3. The molecule has 1 unspecified atom stereocenters. The molecule has 1 atom stereocenters. The van der Waals surface area contributed by atoms with Crippen molar-refractivity contribution in [2.45, 2.75) is 18.9 Å². The highest BCUT2D eigenvalue weighted by molar-refractivity contribution is 5.98. The number of halogens is 2. The third-order valence-electron chi connectivity index (χ3n) is 3.88. The molecule has 0 aliphatic heterocycles. The summed E-state index contributed by atoms with van der Waals surface area (Å²) in [6.45, 7) is 3.42. The Labute approximate surface area is 133 Å². The van der Waals surface area contributed by atoms with Gasteiger partial charge in [0.1, 0.15) is 11.6 Å². The number of carbonyl (C=O) groups excluding carboxylic acids is 1. The molecule has 1 amide bonds. The number of aryl methyl sites for hydroxylation is 1. The van der Waals surface area contributed by atoms with Gasteiger partial charge >= 0.3 is 0 Å². The summed E-state index contributed by atoms with van der Waals surface area (Å²) >= 11 is 0. The maximum Gasteiger partial charge on any atom is 0.247 e. The molecule has 0 saturated carbocycles. The van der Waals surface area contributed by atoms with E-state index in [9.17, 15) is 13.6 Å². The van der Waals surface area contributed by atoms with E-state index in [2.05, 4.69) is 17.2 Å². The van der Waals surface area contributed by atoms with Crippen molar-refractivity contribution in [3.05, 3.63) is 71.8 Å². The normalized spacial score (nSPS) is 15.8. The van der Waals surface area contributed by atoms with E-state index >= 15 is 0 Å². The quantitative estimate of drug-likeness (QED) is 0.831. The van der Waals surface area contributed by atoms with E-state index in [1.807, 2.05) is 18.2 Å². The second kappa shape index (κ2) is 6.20. The Hall–Kier alpha value is -2.69. The summed E-state index contributed by atoms with van der Waals surface area (Å²) in [7, 11) is 0. The Bertz CT molecular complexity index is 753. The van der Waals surface area contributed by atoms with E-state index in [1.54, 1.807) is 0 Å². The highest BCUT2D eigenvalue weighted by Crippen LogP contribution is 2.35. The molecular weight excluding hydrogens is 298 g/mol. The summed E-state index contributed by atoms with van der Waals surface area (Å²) in [6.07, 6.45) is 2.91. The second-order valence-electron chi connectivity index (χ2n) is 5.50. The lowest BCUT2D eigenvalue weighted by atomic mass is 10.1. The predicted octanol–water partition coefficient (Wildman–Crippen LogP) is 4.19. The first-order valence-electron chi connectivity index (χ1n) is 7.34. The average molecular weight is 314 g/mol. The van der Waals surface area contributed by atoms with E-state index in [0.717, 1.165) is 30.0 Å². The van der Waals surface area contributed by atoms with Gasteiger partial charge in [0.2, 0.25) is 5.91 Å². The molecule has 2 aromatic rings. The molecule has 23 heavy (non-hydrogen) atoms. The van der Waals surface area contributed by atoms with Gasteiger partial charge in [-0.15, -0.1) is 0 Å². The Morgan fingerprint density at radius 1 is 1.13 bits per heavy atom. The molecular formula is C18H16F2N2O. The molecule has 3 rings (SSSR count). The van der Waals surface area contributed by atoms with Crippen LogP contribution in [-0.4, -0.2) is 5.91 Å². The molecule has 5 heteroatoms. The smallest absolute Gasteiger partial charge is 0.247 e. The maximum atomic E-state index is 13.3. The summed E-state index contributed by atoms with van der Waals surface area (Å²) in [5, 5.41) is 5.88. The number of hydrogen-bond donors (Lipinski definition) is 2. The van der Waals surface area contributed by atoms with E-state index in [1.165, 1.54) is 18.2 Å². The first kappa shape index (κ1) is 15.2. The number of nitrogens with one attached hydrogen (secondary N) is 2. The van der Waals surface area contributed by atoms with Gasteiger partial charge in [-0.05, 0) is 54.3 Å². The van der Waals surface area contributed by atoms with Crippen LogP contribution in [0.1, 0.15) is 23.6 Å². The monoisotopic (exact) mass is 314 g/mol. The molecule has 0 fully saturated rings. The number of benzene rings is 2. The molecule has 118 valence electrons. The highest BCUT2D eigenvalue weighted by Gasteiger charge is 2.23. The van der Waals surface area contributed by atoms with Crippen molar-refractivity contribution in [3.63, 3.8) is 0 Å². The SMILES string of the molecule is C=CC(=O)Nc1ccc2c(c1)C(Nc1cc(F)cc(F)c1)CC2. The van der Waals surface area contributed by atoms with Crippen molar-refractivity contribution in [1.82, 2.24) is 0 Å². The lowest BCUT2D eigenvalue weighted by Crippen LogP contribution is -2.10. The van der Waals surface area contributed by atoms with E-state index in [4.69, 9.17) is 0 Å². The Morgan fingerprint density at radius 2 is 1.87 bits per heavy atom. The van der Waals surface area contributed by atoms with Crippen molar-refractivity contribution in [1.29, 1.82) is 0 Å². The van der Waals surface area contributed by atoms with Crippen molar-refractivity contribution in [2.75, 3.05) is 10.6 Å². The first-order chi connectivity index (χ1) is 11.0.